The summed E-state index contributed by atoms with van der Waals surface area (Å²) in [5.41, 5.74) is 2.16. The average Bonchev–Trinajstić information content (AvgIpc) is 2.96. The summed E-state index contributed by atoms with van der Waals surface area (Å²) in [6.45, 7) is 4.63. The highest BCUT2D eigenvalue weighted by Gasteiger charge is 2.14. The monoisotopic (exact) mass is 390 g/mol. The minimum absolute atomic E-state index is 0.00886. The zero-order valence-corrected chi connectivity index (χ0v) is 17.0. The highest BCUT2D eigenvalue weighted by atomic mass is 32.1. The molecule has 5 nitrogen and oxygen atoms in total. The summed E-state index contributed by atoms with van der Waals surface area (Å²) in [4.78, 5) is 18.3. The van der Waals surface area contributed by atoms with Gasteiger partial charge in [-0.3, -0.25) is 9.36 Å². The van der Waals surface area contributed by atoms with Gasteiger partial charge >= 0.3 is 0 Å². The van der Waals surface area contributed by atoms with Crippen LogP contribution in [0.15, 0.2) is 23.0 Å². The SMILES string of the molecule is CCc1c(C)sc2[nH]c(=S)n(CCc3ccc(OC)c(OC)c3)c(=O)c12. The second kappa shape index (κ2) is 7.63. The van der Waals surface area contributed by atoms with E-state index in [1.807, 2.05) is 25.1 Å². The van der Waals surface area contributed by atoms with Crippen molar-refractivity contribution in [3.63, 3.8) is 0 Å². The normalized spacial score (nSPS) is 11.1. The summed E-state index contributed by atoms with van der Waals surface area (Å²) in [5.74, 6) is 1.37. The van der Waals surface area contributed by atoms with Gasteiger partial charge in [-0.1, -0.05) is 13.0 Å². The highest BCUT2D eigenvalue weighted by molar-refractivity contribution is 7.71. The molecule has 2 aromatic heterocycles. The molecule has 0 spiro atoms. The van der Waals surface area contributed by atoms with Crippen molar-refractivity contribution in [3.05, 3.63) is 49.3 Å². The van der Waals surface area contributed by atoms with E-state index in [0.29, 0.717) is 29.2 Å². The number of hydrogen-bond acceptors (Lipinski definition) is 5. The molecule has 0 saturated heterocycles. The fourth-order valence-corrected chi connectivity index (χ4v) is 4.67. The molecule has 26 heavy (non-hydrogen) atoms. The number of aromatic amines is 1. The van der Waals surface area contributed by atoms with E-state index in [-0.39, 0.29) is 5.56 Å². The van der Waals surface area contributed by atoms with Crippen molar-refractivity contribution in [2.75, 3.05) is 14.2 Å². The van der Waals surface area contributed by atoms with Crippen LogP contribution in [-0.2, 0) is 19.4 Å². The predicted octanol–water partition coefficient (Wildman–Crippen LogP) is 4.25. The molecule has 1 N–H and O–H groups in total. The summed E-state index contributed by atoms with van der Waals surface area (Å²) >= 11 is 7.03. The zero-order valence-electron chi connectivity index (χ0n) is 15.3. The number of H-pyrrole nitrogens is 1. The maximum Gasteiger partial charge on any atom is 0.263 e. The maximum atomic E-state index is 13.0. The lowest BCUT2D eigenvalue weighted by Gasteiger charge is -2.11. The second-order valence-electron chi connectivity index (χ2n) is 6.02. The number of aryl methyl sites for hydroxylation is 3. The van der Waals surface area contributed by atoms with E-state index in [1.165, 1.54) is 4.88 Å². The number of rotatable bonds is 6. The first-order chi connectivity index (χ1) is 12.5. The van der Waals surface area contributed by atoms with Crippen LogP contribution in [0.4, 0.5) is 0 Å². The van der Waals surface area contributed by atoms with E-state index in [1.54, 1.807) is 30.1 Å². The molecule has 0 aliphatic rings. The molecule has 138 valence electrons. The van der Waals surface area contributed by atoms with Crippen LogP contribution < -0.4 is 15.0 Å². The number of aromatic nitrogens is 2. The fraction of sp³-hybridized carbons (Fsp3) is 0.368. The van der Waals surface area contributed by atoms with Gasteiger partial charge in [0, 0.05) is 11.4 Å². The van der Waals surface area contributed by atoms with Crippen LogP contribution in [0.5, 0.6) is 11.5 Å². The topological polar surface area (TPSA) is 56.2 Å². The first-order valence-electron chi connectivity index (χ1n) is 8.46. The number of hydrogen-bond donors (Lipinski definition) is 1. The summed E-state index contributed by atoms with van der Waals surface area (Å²) in [5, 5.41) is 0.774. The van der Waals surface area contributed by atoms with Crippen LogP contribution in [0.1, 0.15) is 22.9 Å². The van der Waals surface area contributed by atoms with E-state index in [0.717, 1.165) is 27.8 Å². The van der Waals surface area contributed by atoms with Gasteiger partial charge in [-0.15, -0.1) is 11.3 Å². The molecular formula is C19H22N2O3S2. The lowest BCUT2D eigenvalue weighted by atomic mass is 10.1. The maximum absolute atomic E-state index is 13.0. The van der Waals surface area contributed by atoms with Crippen molar-refractivity contribution in [1.82, 2.24) is 9.55 Å². The molecule has 3 aromatic rings. The summed E-state index contributed by atoms with van der Waals surface area (Å²) in [7, 11) is 3.22. The molecule has 3 rings (SSSR count). The number of nitrogens with one attached hydrogen (secondary N) is 1. The largest absolute Gasteiger partial charge is 0.493 e. The molecule has 0 saturated carbocycles. The number of benzene rings is 1. The molecule has 0 aliphatic heterocycles. The predicted molar refractivity (Wildman–Crippen MR) is 109 cm³/mol. The lowest BCUT2D eigenvalue weighted by molar-refractivity contribution is 0.354. The van der Waals surface area contributed by atoms with Crippen molar-refractivity contribution in [1.29, 1.82) is 0 Å². The number of nitrogens with zero attached hydrogens (tertiary/aromatic N) is 1. The molecule has 0 unspecified atom stereocenters. The molecule has 2 heterocycles. The molecule has 7 heteroatoms. The minimum Gasteiger partial charge on any atom is -0.493 e. The van der Waals surface area contributed by atoms with Crippen LogP contribution in [0, 0.1) is 11.7 Å². The third-order valence-corrected chi connectivity index (χ3v) is 5.94. The van der Waals surface area contributed by atoms with Crippen LogP contribution in [0.25, 0.3) is 10.2 Å². The second-order valence-corrected chi connectivity index (χ2v) is 7.63. The first-order valence-corrected chi connectivity index (χ1v) is 9.68. The highest BCUT2D eigenvalue weighted by Crippen LogP contribution is 2.29. The zero-order chi connectivity index (χ0) is 18.8. The first kappa shape index (κ1) is 18.7. The van der Waals surface area contributed by atoms with Crippen molar-refractivity contribution in [2.45, 2.75) is 33.2 Å². The molecular weight excluding hydrogens is 368 g/mol. The number of fused-ring (bicyclic) bond motifs is 1. The van der Waals surface area contributed by atoms with Gasteiger partial charge in [0.05, 0.1) is 19.6 Å². The fourth-order valence-electron chi connectivity index (χ4n) is 3.19. The Bertz CT molecular complexity index is 1060. The molecule has 0 radical (unpaired) electrons. The third-order valence-electron chi connectivity index (χ3n) is 4.56. The molecule has 1 aromatic carbocycles. The summed E-state index contributed by atoms with van der Waals surface area (Å²) < 4.78 is 12.7. The van der Waals surface area contributed by atoms with Crippen LogP contribution in [0.2, 0.25) is 0 Å². The van der Waals surface area contributed by atoms with Crippen molar-refractivity contribution in [3.8, 4) is 11.5 Å². The van der Waals surface area contributed by atoms with Gasteiger partial charge in [-0.2, -0.15) is 0 Å². The van der Waals surface area contributed by atoms with Gasteiger partial charge in [-0.25, -0.2) is 0 Å². The Morgan fingerprint density at radius 2 is 1.96 bits per heavy atom. The van der Waals surface area contributed by atoms with E-state index < -0.39 is 0 Å². The van der Waals surface area contributed by atoms with Gasteiger partial charge in [0.2, 0.25) is 0 Å². The van der Waals surface area contributed by atoms with Gasteiger partial charge in [0.25, 0.3) is 5.56 Å². The lowest BCUT2D eigenvalue weighted by Crippen LogP contribution is -2.23. The Balaban J connectivity index is 1.97. The Morgan fingerprint density at radius 1 is 1.23 bits per heavy atom. The van der Waals surface area contributed by atoms with Crippen LogP contribution in [0.3, 0.4) is 0 Å². The molecule has 0 bridgehead atoms. The van der Waals surface area contributed by atoms with Crippen molar-refractivity contribution < 1.29 is 9.47 Å². The van der Waals surface area contributed by atoms with Crippen LogP contribution >= 0.6 is 23.6 Å². The van der Waals surface area contributed by atoms with Gasteiger partial charge in [0.1, 0.15) is 4.83 Å². The average molecular weight is 391 g/mol. The standard InChI is InChI=1S/C19H22N2O3S2/c1-5-13-11(2)26-17-16(13)18(22)21(19(25)20-17)9-8-12-6-7-14(23-3)15(10-12)24-4/h6-7,10H,5,8-9H2,1-4H3,(H,20,25). The molecule has 0 amide bonds. The third kappa shape index (κ3) is 3.29. The van der Waals surface area contributed by atoms with Crippen molar-refractivity contribution >= 4 is 33.8 Å². The van der Waals surface area contributed by atoms with E-state index in [9.17, 15) is 4.79 Å². The summed E-state index contributed by atoms with van der Waals surface area (Å²) in [6.07, 6.45) is 1.51. The van der Waals surface area contributed by atoms with Gasteiger partial charge < -0.3 is 14.5 Å². The minimum atomic E-state index is -0.00886. The molecule has 0 fully saturated rings. The Kier molecular flexibility index (Phi) is 5.48. The van der Waals surface area contributed by atoms with Crippen LogP contribution in [-0.4, -0.2) is 23.8 Å². The number of thiophene rings is 1. The van der Waals surface area contributed by atoms with E-state index >= 15 is 0 Å². The van der Waals surface area contributed by atoms with Crippen molar-refractivity contribution in [2.24, 2.45) is 0 Å². The Hall–Kier alpha value is -2.12. The Labute approximate surface area is 161 Å². The summed E-state index contributed by atoms with van der Waals surface area (Å²) in [6, 6.07) is 5.78. The number of ether oxygens (including phenoxy) is 2. The quantitative estimate of drug-likeness (QED) is 0.639. The van der Waals surface area contributed by atoms with Gasteiger partial charge in [-0.05, 0) is 55.2 Å². The molecule has 0 aliphatic carbocycles. The smallest absolute Gasteiger partial charge is 0.263 e. The van der Waals surface area contributed by atoms with E-state index in [4.69, 9.17) is 21.7 Å². The van der Waals surface area contributed by atoms with E-state index in [2.05, 4.69) is 11.9 Å². The Morgan fingerprint density at radius 3 is 2.62 bits per heavy atom. The molecule has 0 atom stereocenters. The van der Waals surface area contributed by atoms with Gasteiger partial charge in [0.15, 0.2) is 16.3 Å². The number of methoxy groups -OCH3 is 2.